The van der Waals surface area contributed by atoms with Gasteiger partial charge in [0.25, 0.3) is 0 Å². The molecule has 1 aromatic rings. The standard InChI is InChI=1S/C16H23ClN2O.ClH/c1-16(2,12-6-4-7-13(17)10-12)19-15(20)11-5-3-8-14(18)9-11;/h4,6-7,10-11,14H,3,5,8-9,18H2,1-2H3,(H,19,20);1H. The van der Waals surface area contributed by atoms with Crippen LogP contribution in [-0.2, 0) is 10.3 Å². The smallest absolute Gasteiger partial charge is 0.223 e. The molecule has 0 saturated heterocycles. The quantitative estimate of drug-likeness (QED) is 0.889. The second kappa shape index (κ2) is 7.48. The van der Waals surface area contributed by atoms with Crippen molar-refractivity contribution in [1.82, 2.24) is 5.32 Å². The Labute approximate surface area is 138 Å². The molecular formula is C16H24Cl2N2O. The predicted molar refractivity (Wildman–Crippen MR) is 89.8 cm³/mol. The summed E-state index contributed by atoms with van der Waals surface area (Å²) >= 11 is 6.03. The zero-order valence-electron chi connectivity index (χ0n) is 12.6. The first-order valence-corrected chi connectivity index (χ1v) is 7.60. The number of nitrogens with one attached hydrogen (secondary N) is 1. The number of halogens is 2. The maximum absolute atomic E-state index is 12.4. The fraction of sp³-hybridized carbons (Fsp3) is 0.562. The van der Waals surface area contributed by atoms with E-state index >= 15 is 0 Å². The fourth-order valence-corrected chi connectivity index (χ4v) is 3.02. The zero-order valence-corrected chi connectivity index (χ0v) is 14.1. The van der Waals surface area contributed by atoms with Gasteiger partial charge in [0.2, 0.25) is 5.91 Å². The average molecular weight is 331 g/mol. The van der Waals surface area contributed by atoms with E-state index in [9.17, 15) is 4.79 Å². The van der Waals surface area contributed by atoms with Gasteiger partial charge in [0, 0.05) is 17.0 Å². The molecule has 5 heteroatoms. The number of amides is 1. The topological polar surface area (TPSA) is 55.1 Å². The highest BCUT2D eigenvalue weighted by molar-refractivity contribution is 6.30. The monoisotopic (exact) mass is 330 g/mol. The Kier molecular flexibility index (Phi) is 6.51. The Morgan fingerprint density at radius 2 is 2.10 bits per heavy atom. The van der Waals surface area contributed by atoms with Gasteiger partial charge in [-0.3, -0.25) is 4.79 Å². The van der Waals surface area contributed by atoms with Crippen molar-refractivity contribution >= 4 is 29.9 Å². The van der Waals surface area contributed by atoms with Crippen molar-refractivity contribution in [2.45, 2.75) is 51.1 Å². The van der Waals surface area contributed by atoms with Crippen LogP contribution < -0.4 is 11.1 Å². The number of carbonyl (C=O) groups excluding carboxylic acids is 1. The van der Waals surface area contributed by atoms with E-state index in [1.165, 1.54) is 0 Å². The summed E-state index contributed by atoms with van der Waals surface area (Å²) in [6.45, 7) is 4.00. The zero-order chi connectivity index (χ0) is 14.8. The van der Waals surface area contributed by atoms with Crippen LogP contribution in [0.3, 0.4) is 0 Å². The summed E-state index contributed by atoms with van der Waals surface area (Å²) in [5, 5.41) is 3.82. The molecule has 1 fully saturated rings. The number of carbonyl (C=O) groups is 1. The fourth-order valence-electron chi connectivity index (χ4n) is 2.83. The van der Waals surface area contributed by atoms with Crippen molar-refractivity contribution in [1.29, 1.82) is 0 Å². The molecule has 2 atom stereocenters. The van der Waals surface area contributed by atoms with Gasteiger partial charge in [-0.05, 0) is 50.8 Å². The lowest BCUT2D eigenvalue weighted by molar-refractivity contribution is -0.127. The van der Waals surface area contributed by atoms with E-state index in [4.69, 9.17) is 17.3 Å². The van der Waals surface area contributed by atoms with Gasteiger partial charge in [0.1, 0.15) is 0 Å². The van der Waals surface area contributed by atoms with Gasteiger partial charge >= 0.3 is 0 Å². The number of nitrogens with two attached hydrogens (primary N) is 1. The highest BCUT2D eigenvalue weighted by Crippen LogP contribution is 2.27. The van der Waals surface area contributed by atoms with Gasteiger partial charge < -0.3 is 11.1 Å². The van der Waals surface area contributed by atoms with Crippen LogP contribution >= 0.6 is 24.0 Å². The minimum absolute atomic E-state index is 0. The van der Waals surface area contributed by atoms with E-state index in [0.29, 0.717) is 5.02 Å². The minimum Gasteiger partial charge on any atom is -0.347 e. The Balaban J connectivity index is 0.00000220. The normalized spacial score (nSPS) is 22.3. The largest absolute Gasteiger partial charge is 0.347 e. The van der Waals surface area contributed by atoms with Crippen LogP contribution in [0.15, 0.2) is 24.3 Å². The summed E-state index contributed by atoms with van der Waals surface area (Å²) in [7, 11) is 0. The molecule has 2 unspecified atom stereocenters. The third-order valence-electron chi connectivity index (χ3n) is 4.07. The number of benzene rings is 1. The first kappa shape index (κ1) is 18.3. The molecule has 1 amide bonds. The maximum atomic E-state index is 12.4. The van der Waals surface area contributed by atoms with Gasteiger partial charge in [-0.15, -0.1) is 12.4 Å². The predicted octanol–water partition coefficient (Wildman–Crippen LogP) is 3.63. The Bertz CT molecular complexity index is 491. The van der Waals surface area contributed by atoms with Crippen LogP contribution in [0.1, 0.15) is 45.1 Å². The van der Waals surface area contributed by atoms with Crippen molar-refractivity contribution in [3.63, 3.8) is 0 Å². The van der Waals surface area contributed by atoms with Crippen LogP contribution in [0, 0.1) is 5.92 Å². The molecule has 21 heavy (non-hydrogen) atoms. The van der Waals surface area contributed by atoms with Gasteiger partial charge in [-0.2, -0.15) is 0 Å². The van der Waals surface area contributed by atoms with E-state index in [-0.39, 0.29) is 30.3 Å². The molecule has 0 aliphatic heterocycles. The van der Waals surface area contributed by atoms with Crippen molar-refractivity contribution in [2.75, 3.05) is 0 Å². The van der Waals surface area contributed by atoms with Crippen LogP contribution in [0.25, 0.3) is 0 Å². The van der Waals surface area contributed by atoms with Crippen LogP contribution in [-0.4, -0.2) is 11.9 Å². The Hall–Kier alpha value is -0.770. The Morgan fingerprint density at radius 1 is 1.38 bits per heavy atom. The van der Waals surface area contributed by atoms with E-state index in [1.54, 1.807) is 0 Å². The molecule has 0 heterocycles. The highest BCUT2D eigenvalue weighted by atomic mass is 35.5. The molecule has 1 aliphatic carbocycles. The average Bonchev–Trinajstić information content (AvgIpc) is 2.38. The molecule has 0 radical (unpaired) electrons. The number of rotatable bonds is 3. The lowest BCUT2D eigenvalue weighted by Gasteiger charge is -2.32. The molecule has 0 bridgehead atoms. The molecule has 3 nitrogen and oxygen atoms in total. The van der Waals surface area contributed by atoms with Crippen LogP contribution in [0.4, 0.5) is 0 Å². The summed E-state index contributed by atoms with van der Waals surface area (Å²) in [5.41, 5.74) is 6.55. The SMILES string of the molecule is CC(C)(NC(=O)C1CCCC(N)C1)c1cccc(Cl)c1.Cl. The summed E-state index contributed by atoms with van der Waals surface area (Å²) in [4.78, 5) is 12.4. The number of hydrogen-bond donors (Lipinski definition) is 2. The summed E-state index contributed by atoms with van der Waals surface area (Å²) in [5.74, 6) is 0.141. The molecule has 2 rings (SSSR count). The Morgan fingerprint density at radius 3 is 2.71 bits per heavy atom. The molecule has 1 aliphatic rings. The highest BCUT2D eigenvalue weighted by Gasteiger charge is 2.30. The lowest BCUT2D eigenvalue weighted by atomic mass is 9.84. The first-order chi connectivity index (χ1) is 9.38. The van der Waals surface area contributed by atoms with E-state index in [1.807, 2.05) is 38.1 Å². The molecule has 3 N–H and O–H groups in total. The molecular weight excluding hydrogens is 307 g/mol. The third-order valence-corrected chi connectivity index (χ3v) is 4.30. The van der Waals surface area contributed by atoms with E-state index < -0.39 is 5.54 Å². The maximum Gasteiger partial charge on any atom is 0.223 e. The second-order valence-corrected chi connectivity index (χ2v) is 6.68. The van der Waals surface area contributed by atoms with Crippen molar-refractivity contribution < 1.29 is 4.79 Å². The van der Waals surface area contributed by atoms with Gasteiger partial charge in [0.05, 0.1) is 5.54 Å². The van der Waals surface area contributed by atoms with E-state index in [2.05, 4.69) is 5.32 Å². The van der Waals surface area contributed by atoms with Crippen LogP contribution in [0.2, 0.25) is 5.02 Å². The molecule has 1 aromatic carbocycles. The number of hydrogen-bond acceptors (Lipinski definition) is 2. The van der Waals surface area contributed by atoms with Crippen LogP contribution in [0.5, 0.6) is 0 Å². The second-order valence-electron chi connectivity index (χ2n) is 6.25. The van der Waals surface area contributed by atoms with Gasteiger partial charge in [-0.1, -0.05) is 30.2 Å². The summed E-state index contributed by atoms with van der Waals surface area (Å²) in [6, 6.07) is 7.78. The molecule has 0 spiro atoms. The van der Waals surface area contributed by atoms with Crippen molar-refractivity contribution in [3.8, 4) is 0 Å². The molecule has 118 valence electrons. The molecule has 1 saturated carbocycles. The van der Waals surface area contributed by atoms with Crippen molar-refractivity contribution in [2.24, 2.45) is 11.7 Å². The summed E-state index contributed by atoms with van der Waals surface area (Å²) < 4.78 is 0. The van der Waals surface area contributed by atoms with Gasteiger partial charge in [-0.25, -0.2) is 0 Å². The summed E-state index contributed by atoms with van der Waals surface area (Å²) in [6.07, 6.45) is 3.79. The van der Waals surface area contributed by atoms with Crippen molar-refractivity contribution in [3.05, 3.63) is 34.9 Å². The minimum atomic E-state index is -0.427. The molecule has 0 aromatic heterocycles. The third kappa shape index (κ3) is 4.87. The first-order valence-electron chi connectivity index (χ1n) is 7.22. The van der Waals surface area contributed by atoms with E-state index in [0.717, 1.165) is 31.2 Å². The lowest BCUT2D eigenvalue weighted by Crippen LogP contribution is -2.46. The van der Waals surface area contributed by atoms with Gasteiger partial charge in [0.15, 0.2) is 0 Å².